The molecule has 2 aliphatic rings. The Morgan fingerprint density at radius 3 is 2.58 bits per heavy atom. The molecule has 3 rings (SSSR count). The lowest BCUT2D eigenvalue weighted by Gasteiger charge is -2.31. The highest BCUT2D eigenvalue weighted by atomic mass is 32.2. The molecule has 2 atom stereocenters. The maximum atomic E-state index is 12.7. The molecule has 2 aliphatic heterocycles. The van der Waals surface area contributed by atoms with E-state index in [9.17, 15) is 13.5 Å². The van der Waals surface area contributed by atoms with Crippen molar-refractivity contribution in [2.45, 2.75) is 25.0 Å². The van der Waals surface area contributed by atoms with Gasteiger partial charge in [-0.15, -0.1) is 0 Å². The maximum absolute atomic E-state index is 12.7. The van der Waals surface area contributed by atoms with E-state index in [0.717, 1.165) is 0 Å². The molecule has 0 spiro atoms. The second-order valence-electron chi connectivity index (χ2n) is 5.91. The number of nitrogens with zero attached hydrogens (tertiary/aromatic N) is 3. The van der Waals surface area contributed by atoms with E-state index in [1.807, 2.05) is 0 Å². The Morgan fingerprint density at radius 2 is 1.88 bits per heavy atom. The van der Waals surface area contributed by atoms with Crippen molar-refractivity contribution in [3.05, 3.63) is 24.5 Å². The number of hydrogen-bond donors (Lipinski definition) is 1. The van der Waals surface area contributed by atoms with Crippen LogP contribution in [-0.2, 0) is 14.9 Å². The van der Waals surface area contributed by atoms with Gasteiger partial charge >= 0.3 is 0 Å². The van der Waals surface area contributed by atoms with Crippen LogP contribution in [0.5, 0.6) is 5.75 Å². The summed E-state index contributed by atoms with van der Waals surface area (Å²) in [6, 6.07) is 3.53. The Balaban J connectivity index is 1.65. The predicted octanol–water partition coefficient (Wildman–Crippen LogP) is -0.137. The van der Waals surface area contributed by atoms with Gasteiger partial charge in [-0.2, -0.15) is 17.0 Å². The highest BCUT2D eigenvalue weighted by molar-refractivity contribution is 7.86. The Bertz CT molecular complexity index is 621. The number of aromatic nitrogens is 1. The fourth-order valence-electron chi connectivity index (χ4n) is 2.94. The van der Waals surface area contributed by atoms with Crippen LogP contribution in [0.2, 0.25) is 0 Å². The molecule has 9 heteroatoms. The van der Waals surface area contributed by atoms with E-state index in [2.05, 4.69) is 4.98 Å². The lowest BCUT2D eigenvalue weighted by Crippen LogP contribution is -2.48. The highest BCUT2D eigenvalue weighted by Gasteiger charge is 2.35. The second kappa shape index (κ2) is 7.75. The summed E-state index contributed by atoms with van der Waals surface area (Å²) in [6.45, 7) is 2.19. The first-order chi connectivity index (χ1) is 11.6. The summed E-state index contributed by atoms with van der Waals surface area (Å²) < 4.78 is 39.3. The van der Waals surface area contributed by atoms with E-state index < -0.39 is 22.4 Å². The molecule has 3 heterocycles. The molecule has 0 aromatic carbocycles. The smallest absolute Gasteiger partial charge is 0.282 e. The fraction of sp³-hybridized carbons (Fsp3) is 0.667. The summed E-state index contributed by atoms with van der Waals surface area (Å²) in [5, 5.41) is 10.3. The molecule has 0 aliphatic carbocycles. The maximum Gasteiger partial charge on any atom is 0.282 e. The first-order valence-electron chi connectivity index (χ1n) is 8.15. The minimum Gasteiger partial charge on any atom is -0.486 e. The number of aliphatic hydroxyl groups is 1. The summed E-state index contributed by atoms with van der Waals surface area (Å²) in [7, 11) is -3.52. The van der Waals surface area contributed by atoms with Gasteiger partial charge in [0.25, 0.3) is 10.2 Å². The van der Waals surface area contributed by atoms with E-state index in [1.165, 1.54) is 8.61 Å². The fourth-order valence-corrected chi connectivity index (χ4v) is 4.55. The van der Waals surface area contributed by atoms with E-state index in [4.69, 9.17) is 9.47 Å². The molecule has 134 valence electrons. The normalized spacial score (nSPS) is 27.5. The van der Waals surface area contributed by atoms with Crippen LogP contribution in [-0.4, -0.2) is 78.7 Å². The third kappa shape index (κ3) is 4.04. The number of morpholine rings is 1. The zero-order valence-corrected chi connectivity index (χ0v) is 14.3. The Morgan fingerprint density at radius 1 is 1.17 bits per heavy atom. The van der Waals surface area contributed by atoms with Gasteiger partial charge in [-0.1, -0.05) is 0 Å². The lowest BCUT2D eigenvalue weighted by molar-refractivity contribution is 0.0348. The van der Waals surface area contributed by atoms with Gasteiger partial charge in [0.2, 0.25) is 0 Å². The SMILES string of the molecule is O=S(=O)(N1CCOCC1)N1CC[C@H](Oc2cccnc2)[C@@H](O)CC1. The molecule has 1 aromatic rings. The van der Waals surface area contributed by atoms with Gasteiger partial charge < -0.3 is 14.6 Å². The molecular weight excluding hydrogens is 334 g/mol. The zero-order chi connectivity index (χ0) is 17.0. The molecule has 0 bridgehead atoms. The van der Waals surface area contributed by atoms with Gasteiger partial charge in [0.05, 0.1) is 25.5 Å². The molecule has 1 aromatic heterocycles. The topological polar surface area (TPSA) is 92.2 Å². The highest BCUT2D eigenvalue weighted by Crippen LogP contribution is 2.22. The van der Waals surface area contributed by atoms with E-state index >= 15 is 0 Å². The summed E-state index contributed by atoms with van der Waals surface area (Å²) in [4.78, 5) is 3.98. The van der Waals surface area contributed by atoms with Gasteiger partial charge in [-0.3, -0.25) is 4.98 Å². The number of pyridine rings is 1. The zero-order valence-electron chi connectivity index (χ0n) is 13.5. The van der Waals surface area contributed by atoms with Crippen molar-refractivity contribution in [1.29, 1.82) is 0 Å². The quantitative estimate of drug-likeness (QED) is 0.807. The molecule has 8 nitrogen and oxygen atoms in total. The lowest BCUT2D eigenvalue weighted by atomic mass is 10.1. The van der Waals surface area contributed by atoms with Gasteiger partial charge in [-0.05, 0) is 18.6 Å². The first kappa shape index (κ1) is 17.6. The number of hydrogen-bond acceptors (Lipinski definition) is 6. The molecule has 0 amide bonds. The van der Waals surface area contributed by atoms with Crippen molar-refractivity contribution in [2.24, 2.45) is 0 Å². The molecule has 0 saturated carbocycles. The molecule has 0 unspecified atom stereocenters. The van der Waals surface area contributed by atoms with E-state index in [-0.39, 0.29) is 6.54 Å². The molecule has 0 radical (unpaired) electrons. The van der Waals surface area contributed by atoms with Gasteiger partial charge in [-0.25, -0.2) is 0 Å². The molecule has 1 N–H and O–H groups in total. The second-order valence-corrected chi connectivity index (χ2v) is 7.84. The summed E-state index contributed by atoms with van der Waals surface area (Å²) in [5.41, 5.74) is 0. The number of aliphatic hydroxyl groups excluding tert-OH is 1. The van der Waals surface area contributed by atoms with Crippen molar-refractivity contribution >= 4 is 10.2 Å². The van der Waals surface area contributed by atoms with E-state index in [0.29, 0.717) is 51.4 Å². The van der Waals surface area contributed by atoms with Crippen molar-refractivity contribution in [2.75, 3.05) is 39.4 Å². The van der Waals surface area contributed by atoms with Gasteiger partial charge in [0.15, 0.2) is 0 Å². The van der Waals surface area contributed by atoms with Crippen LogP contribution in [0.1, 0.15) is 12.8 Å². The van der Waals surface area contributed by atoms with Crippen LogP contribution in [0.3, 0.4) is 0 Å². The average molecular weight is 357 g/mol. The van der Waals surface area contributed by atoms with Crippen molar-refractivity contribution in [3.8, 4) is 5.75 Å². The van der Waals surface area contributed by atoms with Gasteiger partial charge in [0, 0.05) is 38.8 Å². The number of ether oxygens (including phenoxy) is 2. The van der Waals surface area contributed by atoms with Crippen molar-refractivity contribution < 1.29 is 23.0 Å². The predicted molar refractivity (Wildman–Crippen MR) is 86.8 cm³/mol. The number of rotatable bonds is 4. The third-order valence-corrected chi connectivity index (χ3v) is 6.35. The van der Waals surface area contributed by atoms with Crippen LogP contribution in [0.25, 0.3) is 0 Å². The minimum atomic E-state index is -3.52. The van der Waals surface area contributed by atoms with Gasteiger partial charge in [0.1, 0.15) is 11.9 Å². The molecule has 2 saturated heterocycles. The largest absolute Gasteiger partial charge is 0.486 e. The molecule has 24 heavy (non-hydrogen) atoms. The Kier molecular flexibility index (Phi) is 5.67. The monoisotopic (exact) mass is 357 g/mol. The summed E-state index contributed by atoms with van der Waals surface area (Å²) >= 11 is 0. The standard InChI is InChI=1S/C15H23N3O5S/c19-14-3-6-17(24(20,21)18-8-10-22-11-9-18)7-4-15(14)23-13-2-1-5-16-12-13/h1-2,5,12,14-15,19H,3-4,6-11H2/t14-,15-/m0/s1. The Hall–Kier alpha value is -1.26. The van der Waals surface area contributed by atoms with Crippen molar-refractivity contribution in [3.63, 3.8) is 0 Å². The Labute approximate surface area is 142 Å². The summed E-state index contributed by atoms with van der Waals surface area (Å²) in [5.74, 6) is 0.575. The van der Waals surface area contributed by atoms with Crippen LogP contribution in [0, 0.1) is 0 Å². The summed E-state index contributed by atoms with van der Waals surface area (Å²) in [6.07, 6.45) is 2.84. The van der Waals surface area contributed by atoms with Crippen LogP contribution < -0.4 is 4.74 Å². The third-order valence-electron chi connectivity index (χ3n) is 4.31. The minimum absolute atomic E-state index is 0.285. The van der Waals surface area contributed by atoms with E-state index in [1.54, 1.807) is 24.5 Å². The van der Waals surface area contributed by atoms with Crippen LogP contribution in [0.15, 0.2) is 24.5 Å². The molecule has 2 fully saturated rings. The van der Waals surface area contributed by atoms with Crippen LogP contribution in [0.4, 0.5) is 0 Å². The molecular formula is C15H23N3O5S. The van der Waals surface area contributed by atoms with Crippen molar-refractivity contribution in [1.82, 2.24) is 13.6 Å². The average Bonchev–Trinajstić information content (AvgIpc) is 2.79. The van der Waals surface area contributed by atoms with Crippen LogP contribution >= 0.6 is 0 Å². The first-order valence-corrected chi connectivity index (χ1v) is 9.55.